The van der Waals surface area contributed by atoms with Crippen molar-refractivity contribution in [2.75, 3.05) is 6.54 Å². The third-order valence-corrected chi connectivity index (χ3v) is 2.23. The van der Waals surface area contributed by atoms with Gasteiger partial charge in [0.05, 0.1) is 11.9 Å². The van der Waals surface area contributed by atoms with Crippen LogP contribution in [0.25, 0.3) is 0 Å². The molecule has 6 nitrogen and oxygen atoms in total. The van der Waals surface area contributed by atoms with Crippen molar-refractivity contribution in [1.82, 2.24) is 15.1 Å². The number of nitrogens with one attached hydrogen (secondary N) is 1. The Morgan fingerprint density at radius 3 is 2.82 bits per heavy atom. The first kappa shape index (κ1) is 13.5. The number of aromatic carboxylic acids is 1. The number of rotatable bonds is 6. The van der Waals surface area contributed by atoms with Crippen LogP contribution in [0.1, 0.15) is 16.1 Å². The molecule has 1 aromatic heterocycles. The van der Waals surface area contributed by atoms with Crippen LogP contribution in [0, 0.1) is 0 Å². The summed E-state index contributed by atoms with van der Waals surface area (Å²) in [5.74, 6) is -1.13. The van der Waals surface area contributed by atoms with Crippen LogP contribution >= 0.6 is 0 Å². The van der Waals surface area contributed by atoms with Crippen molar-refractivity contribution in [1.29, 1.82) is 0 Å². The summed E-state index contributed by atoms with van der Waals surface area (Å²) in [6.07, 6.45) is -3.41. The molecule has 0 fully saturated rings. The number of carboxylic acids is 1. The van der Waals surface area contributed by atoms with E-state index in [1.54, 1.807) is 7.05 Å². The first-order valence-corrected chi connectivity index (χ1v) is 4.84. The summed E-state index contributed by atoms with van der Waals surface area (Å²) in [4.78, 5) is 10.8. The first-order chi connectivity index (χ1) is 7.93. The number of aliphatic hydroxyl groups excluding tert-OH is 1. The van der Waals surface area contributed by atoms with Crippen molar-refractivity contribution in [2.45, 2.75) is 19.1 Å². The maximum Gasteiger partial charge on any atom is 0.339 e. The highest BCUT2D eigenvalue weighted by Gasteiger charge is 2.18. The van der Waals surface area contributed by atoms with Crippen LogP contribution < -0.4 is 5.32 Å². The number of hydrogen-bond acceptors (Lipinski definition) is 4. The normalized spacial score (nSPS) is 13.0. The van der Waals surface area contributed by atoms with Crippen molar-refractivity contribution in [3.05, 3.63) is 17.5 Å². The molecule has 3 N–H and O–H groups in total. The van der Waals surface area contributed by atoms with Crippen LogP contribution in [0.2, 0.25) is 0 Å². The van der Waals surface area contributed by atoms with Crippen molar-refractivity contribution < 1.29 is 23.8 Å². The Balaban J connectivity index is 2.57. The monoisotopic (exact) mass is 249 g/mol. The lowest BCUT2D eigenvalue weighted by Gasteiger charge is -2.11. The van der Waals surface area contributed by atoms with E-state index in [2.05, 4.69) is 10.4 Å². The molecule has 0 aliphatic heterocycles. The van der Waals surface area contributed by atoms with Gasteiger partial charge in [0.25, 0.3) is 6.43 Å². The minimum absolute atomic E-state index is 0.00605. The average Bonchev–Trinajstić information content (AvgIpc) is 2.60. The van der Waals surface area contributed by atoms with Crippen LogP contribution in [-0.4, -0.2) is 45.0 Å². The molecule has 0 amide bonds. The third-order valence-electron chi connectivity index (χ3n) is 2.23. The van der Waals surface area contributed by atoms with Gasteiger partial charge < -0.3 is 15.5 Å². The molecule has 0 radical (unpaired) electrons. The minimum Gasteiger partial charge on any atom is -0.478 e. The highest BCUT2D eigenvalue weighted by Crippen LogP contribution is 2.07. The molecule has 0 spiro atoms. The van der Waals surface area contributed by atoms with Crippen LogP contribution in [0.15, 0.2) is 6.20 Å². The molecule has 0 aromatic carbocycles. The molecule has 0 bridgehead atoms. The zero-order valence-electron chi connectivity index (χ0n) is 9.10. The van der Waals surface area contributed by atoms with E-state index in [1.807, 2.05) is 0 Å². The number of halogens is 2. The third kappa shape index (κ3) is 3.46. The van der Waals surface area contributed by atoms with Gasteiger partial charge in [-0.05, 0) is 0 Å². The van der Waals surface area contributed by atoms with Gasteiger partial charge in [0.2, 0.25) is 0 Å². The second-order valence-corrected chi connectivity index (χ2v) is 3.47. The Hall–Kier alpha value is -1.54. The number of aliphatic hydroxyl groups is 1. The van der Waals surface area contributed by atoms with E-state index in [0.717, 1.165) is 0 Å². The Morgan fingerprint density at radius 1 is 1.65 bits per heavy atom. The van der Waals surface area contributed by atoms with E-state index < -0.39 is 18.5 Å². The molecule has 96 valence electrons. The second-order valence-electron chi connectivity index (χ2n) is 3.47. The van der Waals surface area contributed by atoms with Gasteiger partial charge in [-0.15, -0.1) is 0 Å². The quantitative estimate of drug-likeness (QED) is 0.651. The Bertz CT molecular complexity index is 395. The summed E-state index contributed by atoms with van der Waals surface area (Å²) in [5.41, 5.74) is 0.366. The van der Waals surface area contributed by atoms with Crippen LogP contribution in [0.4, 0.5) is 8.78 Å². The lowest BCUT2D eigenvalue weighted by molar-refractivity contribution is -0.00348. The molecule has 1 rings (SSSR count). The number of carbonyl (C=O) groups is 1. The van der Waals surface area contributed by atoms with Crippen LogP contribution in [0.3, 0.4) is 0 Å². The van der Waals surface area contributed by atoms with E-state index in [0.29, 0.717) is 5.69 Å². The zero-order valence-corrected chi connectivity index (χ0v) is 9.10. The topological polar surface area (TPSA) is 87.4 Å². The average molecular weight is 249 g/mol. The molecular weight excluding hydrogens is 236 g/mol. The summed E-state index contributed by atoms with van der Waals surface area (Å²) in [6.45, 7) is -0.274. The van der Waals surface area contributed by atoms with Crippen LogP contribution in [0.5, 0.6) is 0 Å². The molecular formula is C9H13F2N3O3. The molecule has 1 aromatic rings. The van der Waals surface area contributed by atoms with E-state index in [1.165, 1.54) is 10.9 Å². The maximum atomic E-state index is 12.0. The van der Waals surface area contributed by atoms with Crippen LogP contribution in [-0.2, 0) is 13.6 Å². The highest BCUT2D eigenvalue weighted by molar-refractivity contribution is 5.88. The predicted octanol–water partition coefficient (Wildman–Crippen LogP) is -0.166. The number of hydrogen-bond donors (Lipinski definition) is 3. The highest BCUT2D eigenvalue weighted by atomic mass is 19.3. The Morgan fingerprint density at radius 2 is 2.29 bits per heavy atom. The van der Waals surface area contributed by atoms with E-state index in [-0.39, 0.29) is 18.7 Å². The number of aromatic nitrogens is 2. The first-order valence-electron chi connectivity index (χ1n) is 4.84. The zero-order chi connectivity index (χ0) is 13.0. The molecule has 17 heavy (non-hydrogen) atoms. The molecule has 0 saturated carbocycles. The minimum atomic E-state index is -2.83. The number of aryl methyl sites for hydroxylation is 1. The van der Waals surface area contributed by atoms with Gasteiger partial charge in [0.15, 0.2) is 0 Å². The van der Waals surface area contributed by atoms with Crippen molar-refractivity contribution in [3.63, 3.8) is 0 Å². The van der Waals surface area contributed by atoms with Gasteiger partial charge in [-0.3, -0.25) is 4.68 Å². The summed E-state index contributed by atoms with van der Waals surface area (Å²) in [7, 11) is 1.55. The predicted molar refractivity (Wildman–Crippen MR) is 53.9 cm³/mol. The Kier molecular flexibility index (Phi) is 4.53. The van der Waals surface area contributed by atoms with Crippen molar-refractivity contribution in [2.24, 2.45) is 7.05 Å². The van der Waals surface area contributed by atoms with E-state index in [4.69, 9.17) is 10.2 Å². The number of alkyl halides is 2. The molecule has 1 heterocycles. The lowest BCUT2D eigenvalue weighted by atomic mass is 10.2. The maximum absolute atomic E-state index is 12.0. The fraction of sp³-hybridized carbons (Fsp3) is 0.556. The fourth-order valence-electron chi connectivity index (χ4n) is 1.28. The molecule has 0 aliphatic carbocycles. The van der Waals surface area contributed by atoms with Crippen molar-refractivity contribution >= 4 is 5.97 Å². The van der Waals surface area contributed by atoms with Gasteiger partial charge in [0.1, 0.15) is 11.7 Å². The fourth-order valence-corrected chi connectivity index (χ4v) is 1.28. The molecule has 1 unspecified atom stereocenters. The van der Waals surface area contributed by atoms with Gasteiger partial charge in [-0.25, -0.2) is 13.6 Å². The second kappa shape index (κ2) is 5.69. The summed E-state index contributed by atoms with van der Waals surface area (Å²) in [5, 5.41) is 24.0. The largest absolute Gasteiger partial charge is 0.478 e. The standard InChI is InChI=1S/C9H13F2N3O3/c1-14-6(5(2-13-14)9(16)17)3-12-4-7(15)8(10)11/h2,7-8,12,15H,3-4H2,1H3,(H,16,17). The summed E-state index contributed by atoms with van der Waals surface area (Å²) in [6, 6.07) is 0. The number of nitrogens with zero attached hydrogens (tertiary/aromatic N) is 2. The van der Waals surface area contributed by atoms with Gasteiger partial charge in [-0.1, -0.05) is 0 Å². The molecule has 0 saturated heterocycles. The Labute approximate surface area is 95.9 Å². The smallest absolute Gasteiger partial charge is 0.339 e. The van der Waals surface area contributed by atoms with Gasteiger partial charge >= 0.3 is 5.97 Å². The molecule has 1 atom stereocenters. The SMILES string of the molecule is Cn1ncc(C(=O)O)c1CNCC(O)C(F)F. The molecule has 8 heteroatoms. The van der Waals surface area contributed by atoms with Gasteiger partial charge in [0, 0.05) is 20.1 Å². The van der Waals surface area contributed by atoms with Crippen molar-refractivity contribution in [3.8, 4) is 0 Å². The molecule has 0 aliphatic rings. The lowest BCUT2D eigenvalue weighted by Crippen LogP contribution is -2.32. The van der Waals surface area contributed by atoms with E-state index >= 15 is 0 Å². The number of carboxylic acid groups (broad SMARTS) is 1. The summed E-state index contributed by atoms with van der Waals surface area (Å²) < 4.78 is 25.3. The van der Waals surface area contributed by atoms with Gasteiger partial charge in [-0.2, -0.15) is 5.10 Å². The van der Waals surface area contributed by atoms with E-state index in [9.17, 15) is 13.6 Å². The summed E-state index contributed by atoms with van der Waals surface area (Å²) >= 11 is 0.